The van der Waals surface area contributed by atoms with Crippen molar-refractivity contribution in [2.75, 3.05) is 4.72 Å². The monoisotopic (exact) mass is 306 g/mol. The number of anilines is 1. The molecular weight excluding hydrogens is 299 g/mol. The SMILES string of the molecule is O=S(=O)(F)c1cccc(S(=O)(=O)Nc2ncn[nH]2)c1. The van der Waals surface area contributed by atoms with Crippen molar-refractivity contribution >= 4 is 26.2 Å². The fourth-order valence-electron chi connectivity index (χ4n) is 1.23. The molecular formula is C8H7FN4O4S2. The first-order valence-corrected chi connectivity index (χ1v) is 7.59. The van der Waals surface area contributed by atoms with Gasteiger partial charge in [0.2, 0.25) is 5.95 Å². The van der Waals surface area contributed by atoms with Crippen LogP contribution in [0.1, 0.15) is 0 Å². The van der Waals surface area contributed by atoms with Crippen molar-refractivity contribution in [2.45, 2.75) is 9.79 Å². The Morgan fingerprint density at radius 1 is 1.16 bits per heavy atom. The molecule has 1 aromatic carbocycles. The van der Waals surface area contributed by atoms with Crippen LogP contribution in [0, 0.1) is 0 Å². The van der Waals surface area contributed by atoms with Crippen molar-refractivity contribution in [3.05, 3.63) is 30.6 Å². The quantitative estimate of drug-likeness (QED) is 0.781. The van der Waals surface area contributed by atoms with E-state index in [4.69, 9.17) is 0 Å². The summed E-state index contributed by atoms with van der Waals surface area (Å²) >= 11 is 0. The predicted octanol–water partition coefficient (Wildman–Crippen LogP) is 0.264. The van der Waals surface area contributed by atoms with Gasteiger partial charge in [0, 0.05) is 0 Å². The maximum Gasteiger partial charge on any atom is 0.332 e. The Labute approximate surface area is 108 Å². The lowest BCUT2D eigenvalue weighted by Crippen LogP contribution is -2.14. The van der Waals surface area contributed by atoms with Crippen LogP contribution in [0.15, 0.2) is 40.4 Å². The van der Waals surface area contributed by atoms with E-state index in [0.717, 1.165) is 24.5 Å². The van der Waals surface area contributed by atoms with Gasteiger partial charge in [0.25, 0.3) is 10.0 Å². The van der Waals surface area contributed by atoms with E-state index in [0.29, 0.717) is 6.07 Å². The molecule has 0 saturated heterocycles. The molecule has 11 heteroatoms. The highest BCUT2D eigenvalue weighted by atomic mass is 32.3. The van der Waals surface area contributed by atoms with E-state index in [1.165, 1.54) is 0 Å². The van der Waals surface area contributed by atoms with Crippen molar-refractivity contribution < 1.29 is 20.7 Å². The minimum Gasteiger partial charge on any atom is -0.248 e. The van der Waals surface area contributed by atoms with Crippen LogP contribution in [-0.2, 0) is 20.2 Å². The van der Waals surface area contributed by atoms with Crippen LogP contribution in [0.25, 0.3) is 0 Å². The number of benzene rings is 1. The number of halogens is 1. The summed E-state index contributed by atoms with van der Waals surface area (Å²) < 4.78 is 60.0. The molecule has 0 aliphatic heterocycles. The van der Waals surface area contributed by atoms with Gasteiger partial charge in [0.1, 0.15) is 6.33 Å². The largest absolute Gasteiger partial charge is 0.332 e. The molecule has 19 heavy (non-hydrogen) atoms. The highest BCUT2D eigenvalue weighted by Crippen LogP contribution is 2.18. The molecule has 0 amide bonds. The second-order valence-electron chi connectivity index (χ2n) is 3.35. The summed E-state index contributed by atoms with van der Waals surface area (Å²) in [4.78, 5) is 2.39. The zero-order valence-electron chi connectivity index (χ0n) is 9.11. The minimum atomic E-state index is -4.98. The van der Waals surface area contributed by atoms with Crippen molar-refractivity contribution in [2.24, 2.45) is 0 Å². The van der Waals surface area contributed by atoms with Crippen molar-refractivity contribution in [3.8, 4) is 0 Å². The van der Waals surface area contributed by atoms with Gasteiger partial charge in [-0.25, -0.2) is 18.2 Å². The van der Waals surface area contributed by atoms with Crippen LogP contribution in [0.4, 0.5) is 9.83 Å². The zero-order chi connectivity index (χ0) is 14.1. The standard InChI is InChI=1S/C8H7FN4O4S2/c9-18(14,15)6-2-1-3-7(4-6)19(16,17)13-8-10-5-11-12-8/h1-5H,(H2,10,11,12,13). The van der Waals surface area contributed by atoms with E-state index >= 15 is 0 Å². The summed E-state index contributed by atoms with van der Waals surface area (Å²) in [6, 6.07) is 3.88. The predicted molar refractivity (Wildman–Crippen MR) is 61.9 cm³/mol. The number of hydrogen-bond acceptors (Lipinski definition) is 6. The van der Waals surface area contributed by atoms with Crippen LogP contribution in [0.5, 0.6) is 0 Å². The van der Waals surface area contributed by atoms with Crippen LogP contribution in [-0.4, -0.2) is 32.0 Å². The number of sulfonamides is 1. The smallest absolute Gasteiger partial charge is 0.248 e. The van der Waals surface area contributed by atoms with E-state index in [1.807, 2.05) is 4.72 Å². The summed E-state index contributed by atoms with van der Waals surface area (Å²) in [7, 11) is -9.06. The topological polar surface area (TPSA) is 122 Å². The molecule has 8 nitrogen and oxygen atoms in total. The average molecular weight is 306 g/mol. The Kier molecular flexibility index (Phi) is 3.24. The lowest BCUT2D eigenvalue weighted by molar-refractivity contribution is 0.552. The fraction of sp³-hybridized carbons (Fsp3) is 0. The van der Waals surface area contributed by atoms with Gasteiger partial charge in [-0.15, -0.1) is 3.89 Å². The summed E-state index contributed by atoms with van der Waals surface area (Å²) in [6.45, 7) is 0. The number of hydrogen-bond donors (Lipinski definition) is 2. The average Bonchev–Trinajstić information content (AvgIpc) is 2.80. The Hall–Kier alpha value is -2.01. The van der Waals surface area contributed by atoms with Gasteiger partial charge in [-0.1, -0.05) is 6.07 Å². The number of rotatable bonds is 4. The third kappa shape index (κ3) is 3.06. The second-order valence-corrected chi connectivity index (χ2v) is 6.38. The summed E-state index contributed by atoms with van der Waals surface area (Å²) in [5.74, 6) is -0.145. The van der Waals surface area contributed by atoms with Gasteiger partial charge in [-0.3, -0.25) is 0 Å². The van der Waals surface area contributed by atoms with Crippen molar-refractivity contribution in [3.63, 3.8) is 0 Å². The highest BCUT2D eigenvalue weighted by molar-refractivity contribution is 7.92. The van der Waals surface area contributed by atoms with Gasteiger partial charge >= 0.3 is 10.2 Å². The van der Waals surface area contributed by atoms with Gasteiger partial charge in [-0.2, -0.15) is 18.5 Å². The molecule has 0 saturated carbocycles. The normalized spacial score (nSPS) is 12.3. The van der Waals surface area contributed by atoms with E-state index in [-0.39, 0.29) is 5.95 Å². The first-order chi connectivity index (χ1) is 8.79. The first kappa shape index (κ1) is 13.4. The molecule has 2 N–H and O–H groups in total. The number of nitrogens with zero attached hydrogens (tertiary/aromatic N) is 2. The molecule has 0 bridgehead atoms. The molecule has 0 fully saturated rings. The molecule has 1 heterocycles. The molecule has 1 aromatic heterocycles. The Morgan fingerprint density at radius 2 is 1.84 bits per heavy atom. The second kappa shape index (κ2) is 4.59. The number of aromatic amines is 1. The van der Waals surface area contributed by atoms with Gasteiger partial charge < -0.3 is 0 Å². The van der Waals surface area contributed by atoms with E-state index in [1.54, 1.807) is 0 Å². The number of aromatic nitrogens is 3. The third-order valence-corrected chi connectivity index (χ3v) is 4.20. The summed E-state index contributed by atoms with van der Waals surface area (Å²) in [5.41, 5.74) is 0. The maximum absolute atomic E-state index is 12.8. The molecule has 0 atom stereocenters. The lowest BCUT2D eigenvalue weighted by atomic mass is 10.4. The van der Waals surface area contributed by atoms with Crippen LogP contribution < -0.4 is 4.72 Å². The number of H-pyrrole nitrogens is 1. The molecule has 2 aromatic rings. The molecule has 0 spiro atoms. The molecule has 102 valence electrons. The molecule has 0 aliphatic rings. The van der Waals surface area contributed by atoms with Crippen molar-refractivity contribution in [1.82, 2.24) is 15.2 Å². The van der Waals surface area contributed by atoms with Gasteiger partial charge in [-0.05, 0) is 18.2 Å². The Morgan fingerprint density at radius 3 is 2.42 bits per heavy atom. The molecule has 0 aliphatic carbocycles. The van der Waals surface area contributed by atoms with Gasteiger partial charge in [0.15, 0.2) is 0 Å². The van der Waals surface area contributed by atoms with Crippen LogP contribution in [0.3, 0.4) is 0 Å². The minimum absolute atomic E-state index is 0.145. The Balaban J connectivity index is 2.41. The van der Waals surface area contributed by atoms with E-state index < -0.39 is 30.0 Å². The summed E-state index contributed by atoms with van der Waals surface area (Å²) in [5, 5.41) is 5.70. The first-order valence-electron chi connectivity index (χ1n) is 4.72. The highest BCUT2D eigenvalue weighted by Gasteiger charge is 2.19. The van der Waals surface area contributed by atoms with Crippen LogP contribution in [0.2, 0.25) is 0 Å². The molecule has 2 rings (SSSR count). The Bertz CT molecular complexity index is 786. The number of nitrogens with one attached hydrogen (secondary N) is 2. The van der Waals surface area contributed by atoms with Crippen LogP contribution >= 0.6 is 0 Å². The summed E-state index contributed by atoms with van der Waals surface area (Å²) in [6.07, 6.45) is 1.08. The van der Waals surface area contributed by atoms with E-state index in [9.17, 15) is 20.7 Å². The molecule has 0 unspecified atom stereocenters. The zero-order valence-corrected chi connectivity index (χ0v) is 10.7. The van der Waals surface area contributed by atoms with E-state index in [2.05, 4.69) is 15.2 Å². The lowest BCUT2D eigenvalue weighted by Gasteiger charge is -2.05. The maximum atomic E-state index is 12.8. The molecule has 0 radical (unpaired) electrons. The van der Waals surface area contributed by atoms with Crippen molar-refractivity contribution in [1.29, 1.82) is 0 Å². The fourth-order valence-corrected chi connectivity index (χ4v) is 2.83. The van der Waals surface area contributed by atoms with Gasteiger partial charge in [0.05, 0.1) is 9.79 Å². The third-order valence-electron chi connectivity index (χ3n) is 2.04.